The average molecular weight is 258 g/mol. The normalized spacial score (nSPS) is 10.9. The molecule has 0 spiro atoms. The highest BCUT2D eigenvalue weighted by molar-refractivity contribution is 7.14. The van der Waals surface area contributed by atoms with E-state index in [1.54, 1.807) is 18.2 Å². The van der Waals surface area contributed by atoms with Crippen LogP contribution in [0.15, 0.2) is 35.1 Å². The Morgan fingerprint density at radius 2 is 1.89 bits per heavy atom. The largest absolute Gasteiger partial charge is 0.323 e. The van der Waals surface area contributed by atoms with Crippen LogP contribution in [0.5, 0.6) is 0 Å². The first kappa shape index (κ1) is 11.0. The lowest BCUT2D eigenvalue weighted by Gasteiger charge is -1.98. The van der Waals surface area contributed by atoms with Gasteiger partial charge in [-0.3, -0.25) is 4.79 Å². The van der Waals surface area contributed by atoms with Gasteiger partial charge in [-0.1, -0.05) is 0 Å². The first-order valence-corrected chi connectivity index (χ1v) is 6.28. The zero-order valence-corrected chi connectivity index (χ0v) is 10.4. The standard InChI is InChI=1S/C13H10N2O2S/c1-7-2-5-11(18-7)12(16)8-3-4-9-10(6-8)15-13(17)14-9/h2-6H,1H3,(H2,14,15,17). The van der Waals surface area contributed by atoms with E-state index < -0.39 is 0 Å². The summed E-state index contributed by atoms with van der Waals surface area (Å²) in [7, 11) is 0. The minimum absolute atomic E-state index is 0.0166. The van der Waals surface area contributed by atoms with Crippen LogP contribution in [0.4, 0.5) is 0 Å². The molecule has 2 aromatic heterocycles. The Labute approximate surface area is 106 Å². The zero-order valence-electron chi connectivity index (χ0n) is 9.61. The van der Waals surface area contributed by atoms with Crippen molar-refractivity contribution < 1.29 is 4.79 Å². The van der Waals surface area contributed by atoms with Gasteiger partial charge in [-0.25, -0.2) is 4.79 Å². The number of carbonyl (C=O) groups is 1. The highest BCUT2D eigenvalue weighted by Gasteiger charge is 2.12. The van der Waals surface area contributed by atoms with Crippen molar-refractivity contribution in [1.29, 1.82) is 0 Å². The summed E-state index contributed by atoms with van der Waals surface area (Å²) in [6.45, 7) is 1.97. The molecule has 0 aliphatic rings. The zero-order chi connectivity index (χ0) is 12.7. The first-order valence-electron chi connectivity index (χ1n) is 5.47. The average Bonchev–Trinajstić information content (AvgIpc) is 2.92. The molecule has 0 saturated carbocycles. The van der Waals surface area contributed by atoms with Crippen molar-refractivity contribution in [3.63, 3.8) is 0 Å². The molecule has 5 heteroatoms. The first-order chi connectivity index (χ1) is 8.63. The van der Waals surface area contributed by atoms with Crippen molar-refractivity contribution in [1.82, 2.24) is 9.97 Å². The van der Waals surface area contributed by atoms with Crippen LogP contribution >= 0.6 is 11.3 Å². The summed E-state index contributed by atoms with van der Waals surface area (Å²) in [4.78, 5) is 30.5. The molecule has 0 amide bonds. The predicted molar refractivity (Wildman–Crippen MR) is 71.4 cm³/mol. The molecule has 90 valence electrons. The van der Waals surface area contributed by atoms with Gasteiger partial charge in [0.2, 0.25) is 5.78 Å². The van der Waals surface area contributed by atoms with Gasteiger partial charge in [0.25, 0.3) is 0 Å². The SMILES string of the molecule is Cc1ccc(C(=O)c2ccc3[nH]c(=O)[nH]c3c2)s1. The maximum Gasteiger partial charge on any atom is 0.323 e. The summed E-state index contributed by atoms with van der Waals surface area (Å²) >= 11 is 1.47. The molecule has 3 rings (SSSR count). The van der Waals surface area contributed by atoms with Gasteiger partial charge in [-0.15, -0.1) is 11.3 Å². The van der Waals surface area contributed by atoms with Crippen LogP contribution in [0, 0.1) is 6.92 Å². The topological polar surface area (TPSA) is 65.7 Å². The molecule has 1 aromatic carbocycles. The van der Waals surface area contributed by atoms with E-state index in [4.69, 9.17) is 0 Å². The Balaban J connectivity index is 2.08. The van der Waals surface area contributed by atoms with Crippen LogP contribution in [0.3, 0.4) is 0 Å². The van der Waals surface area contributed by atoms with E-state index in [1.807, 2.05) is 19.1 Å². The third-order valence-electron chi connectivity index (χ3n) is 2.74. The Morgan fingerprint density at radius 1 is 1.11 bits per heavy atom. The summed E-state index contributed by atoms with van der Waals surface area (Å²) in [5.74, 6) is -0.0166. The Morgan fingerprint density at radius 3 is 2.61 bits per heavy atom. The highest BCUT2D eigenvalue weighted by atomic mass is 32.1. The Bertz CT molecular complexity index is 795. The monoisotopic (exact) mass is 258 g/mol. The number of rotatable bonds is 2. The number of aromatic amines is 2. The molecule has 0 aliphatic carbocycles. The van der Waals surface area contributed by atoms with Crippen molar-refractivity contribution in [3.8, 4) is 0 Å². The fourth-order valence-corrected chi connectivity index (χ4v) is 2.70. The number of fused-ring (bicyclic) bond motifs is 1. The summed E-state index contributed by atoms with van der Waals surface area (Å²) in [5, 5.41) is 0. The quantitative estimate of drug-likeness (QED) is 0.693. The van der Waals surface area contributed by atoms with Crippen molar-refractivity contribution in [2.75, 3.05) is 0 Å². The molecule has 2 N–H and O–H groups in total. The molecular weight excluding hydrogens is 248 g/mol. The van der Waals surface area contributed by atoms with Crippen LogP contribution in [-0.4, -0.2) is 15.8 Å². The summed E-state index contributed by atoms with van der Waals surface area (Å²) in [6.07, 6.45) is 0. The fourth-order valence-electron chi connectivity index (χ4n) is 1.87. The van der Waals surface area contributed by atoms with Gasteiger partial charge in [-0.2, -0.15) is 0 Å². The number of benzene rings is 1. The van der Waals surface area contributed by atoms with Gasteiger partial charge >= 0.3 is 5.69 Å². The van der Waals surface area contributed by atoms with E-state index in [9.17, 15) is 9.59 Å². The fraction of sp³-hybridized carbons (Fsp3) is 0.0769. The van der Waals surface area contributed by atoms with E-state index in [1.165, 1.54) is 11.3 Å². The molecule has 0 aliphatic heterocycles. The van der Waals surface area contributed by atoms with Crippen molar-refractivity contribution in [2.45, 2.75) is 6.92 Å². The van der Waals surface area contributed by atoms with Crippen molar-refractivity contribution >= 4 is 28.2 Å². The molecular formula is C13H10N2O2S. The molecule has 0 unspecified atom stereocenters. The van der Waals surface area contributed by atoms with Crippen molar-refractivity contribution in [3.05, 3.63) is 56.1 Å². The highest BCUT2D eigenvalue weighted by Crippen LogP contribution is 2.20. The molecule has 0 fully saturated rings. The number of aryl methyl sites for hydroxylation is 1. The minimum atomic E-state index is -0.262. The van der Waals surface area contributed by atoms with Crippen molar-refractivity contribution in [2.24, 2.45) is 0 Å². The second-order valence-electron chi connectivity index (χ2n) is 4.08. The minimum Gasteiger partial charge on any atom is -0.306 e. The van der Waals surface area contributed by atoms with Crippen LogP contribution < -0.4 is 5.69 Å². The second kappa shape index (κ2) is 3.96. The number of carbonyl (C=O) groups excluding carboxylic acids is 1. The number of hydrogen-bond acceptors (Lipinski definition) is 3. The lowest BCUT2D eigenvalue weighted by Crippen LogP contribution is -1.99. The molecule has 3 aromatic rings. The summed E-state index contributed by atoms with van der Waals surface area (Å²) in [5.41, 5.74) is 1.68. The van der Waals surface area contributed by atoms with Gasteiger partial charge < -0.3 is 9.97 Å². The number of aromatic nitrogens is 2. The smallest absolute Gasteiger partial charge is 0.306 e. The summed E-state index contributed by atoms with van der Waals surface area (Å²) < 4.78 is 0. The van der Waals surface area contributed by atoms with Gasteiger partial charge in [-0.05, 0) is 37.3 Å². The molecule has 0 saturated heterocycles. The Hall–Kier alpha value is -2.14. The number of hydrogen-bond donors (Lipinski definition) is 2. The Kier molecular flexibility index (Phi) is 2.41. The molecule has 0 bridgehead atoms. The van der Waals surface area contributed by atoms with Gasteiger partial charge in [0.1, 0.15) is 0 Å². The second-order valence-corrected chi connectivity index (χ2v) is 5.37. The molecule has 18 heavy (non-hydrogen) atoms. The van der Waals surface area contributed by atoms with Gasteiger partial charge in [0, 0.05) is 10.4 Å². The number of thiophene rings is 1. The van der Waals surface area contributed by atoms with E-state index in [0.717, 1.165) is 4.88 Å². The lowest BCUT2D eigenvalue weighted by molar-refractivity contribution is 0.104. The van der Waals surface area contributed by atoms with E-state index in [2.05, 4.69) is 9.97 Å². The van der Waals surface area contributed by atoms with Crippen LogP contribution in [0.1, 0.15) is 20.1 Å². The molecule has 4 nitrogen and oxygen atoms in total. The van der Waals surface area contributed by atoms with E-state index >= 15 is 0 Å². The summed E-state index contributed by atoms with van der Waals surface area (Å²) in [6, 6.07) is 8.91. The van der Waals surface area contributed by atoms with Crippen LogP contribution in [0.2, 0.25) is 0 Å². The number of imidazole rings is 1. The molecule has 0 atom stereocenters. The molecule has 0 radical (unpaired) electrons. The van der Waals surface area contributed by atoms with E-state index in [0.29, 0.717) is 21.5 Å². The lowest BCUT2D eigenvalue weighted by atomic mass is 10.1. The van der Waals surface area contributed by atoms with E-state index in [-0.39, 0.29) is 11.5 Å². The number of nitrogens with one attached hydrogen (secondary N) is 2. The maximum atomic E-state index is 12.2. The molecule has 2 heterocycles. The van der Waals surface area contributed by atoms with Crippen LogP contribution in [0.25, 0.3) is 11.0 Å². The van der Waals surface area contributed by atoms with Gasteiger partial charge in [0.15, 0.2) is 0 Å². The third kappa shape index (κ3) is 1.78. The number of ketones is 1. The third-order valence-corrected chi connectivity index (χ3v) is 3.74. The maximum absolute atomic E-state index is 12.2. The van der Waals surface area contributed by atoms with Crippen LogP contribution in [-0.2, 0) is 0 Å². The van der Waals surface area contributed by atoms with Gasteiger partial charge in [0.05, 0.1) is 15.9 Å². The number of H-pyrrole nitrogens is 2. The predicted octanol–water partition coefficient (Wildman–Crippen LogP) is 2.46.